The van der Waals surface area contributed by atoms with Gasteiger partial charge in [-0.2, -0.15) is 0 Å². The van der Waals surface area contributed by atoms with Crippen molar-refractivity contribution in [2.45, 2.75) is 6.92 Å². The number of ether oxygens (including phenoxy) is 1. The number of benzene rings is 3. The molecule has 0 aliphatic carbocycles. The minimum Gasteiger partial charge on any atom is -0.459 e. The second kappa shape index (κ2) is 9.32. The zero-order chi connectivity index (χ0) is 20.0. The van der Waals surface area contributed by atoms with E-state index in [2.05, 4.69) is 85.3 Å². The lowest BCUT2D eigenvalue weighted by atomic mass is 10.4. The van der Waals surface area contributed by atoms with Crippen LogP contribution in [0.2, 0.25) is 0 Å². The average molecular weight is 410 g/mol. The van der Waals surface area contributed by atoms with Crippen LogP contribution in [0, 0.1) is 0 Å². The Hall–Kier alpha value is -2.22. The Kier molecular flexibility index (Phi) is 6.83. The number of carbonyl (C=O) groups excluding carboxylic acids is 1. The maximum absolute atomic E-state index is 13.3. The second-order valence-electron chi connectivity index (χ2n) is 6.52. The van der Waals surface area contributed by atoms with E-state index in [9.17, 15) is 4.79 Å². The highest BCUT2D eigenvalue weighted by atomic mass is 32.2. The first-order valence-corrected chi connectivity index (χ1v) is 13.1. The van der Waals surface area contributed by atoms with Crippen LogP contribution in [0.4, 0.5) is 0 Å². The first kappa shape index (κ1) is 20.5. The SMILES string of the molecule is CCOC(=O)C([S+](C)C)=P(c1ccccc1)(c1ccccc1)c1ccccc1. The van der Waals surface area contributed by atoms with Crippen molar-refractivity contribution in [2.75, 3.05) is 19.1 Å². The van der Waals surface area contributed by atoms with E-state index >= 15 is 0 Å². The molecule has 28 heavy (non-hydrogen) atoms. The number of esters is 1. The van der Waals surface area contributed by atoms with E-state index < -0.39 is 6.89 Å². The van der Waals surface area contributed by atoms with Gasteiger partial charge in [0.1, 0.15) is 12.5 Å². The van der Waals surface area contributed by atoms with Crippen LogP contribution in [0.25, 0.3) is 0 Å². The van der Waals surface area contributed by atoms with Gasteiger partial charge >= 0.3 is 5.97 Å². The third kappa shape index (κ3) is 3.83. The van der Waals surface area contributed by atoms with Gasteiger partial charge in [0.15, 0.2) is 0 Å². The lowest BCUT2D eigenvalue weighted by Crippen LogP contribution is -2.37. The Bertz CT molecular complexity index is 864. The molecule has 144 valence electrons. The molecule has 3 rings (SSSR count). The van der Waals surface area contributed by atoms with Crippen LogP contribution >= 0.6 is 6.89 Å². The van der Waals surface area contributed by atoms with Crippen LogP contribution in [0.15, 0.2) is 91.0 Å². The van der Waals surface area contributed by atoms with Gasteiger partial charge in [-0.05, 0) is 22.8 Å². The van der Waals surface area contributed by atoms with Gasteiger partial charge in [-0.25, -0.2) is 4.79 Å². The van der Waals surface area contributed by atoms with Crippen LogP contribution in [-0.2, 0) is 20.4 Å². The van der Waals surface area contributed by atoms with Crippen LogP contribution in [-0.4, -0.2) is 29.7 Å². The van der Waals surface area contributed by atoms with E-state index in [1.165, 1.54) is 15.9 Å². The zero-order valence-corrected chi connectivity index (χ0v) is 18.3. The predicted molar refractivity (Wildman–Crippen MR) is 126 cm³/mol. The third-order valence-corrected chi connectivity index (χ3v) is 11.4. The lowest BCUT2D eigenvalue weighted by molar-refractivity contribution is -0.134. The second-order valence-corrected chi connectivity index (χ2v) is 12.2. The fraction of sp³-hybridized carbons (Fsp3) is 0.167. The third-order valence-electron chi connectivity index (χ3n) is 4.57. The van der Waals surface area contributed by atoms with Crippen molar-refractivity contribution >= 4 is 44.3 Å². The maximum atomic E-state index is 13.3. The first-order valence-electron chi connectivity index (χ1n) is 9.30. The molecule has 0 N–H and O–H groups in total. The van der Waals surface area contributed by atoms with Gasteiger partial charge in [0.05, 0.1) is 6.61 Å². The minimum atomic E-state index is -2.35. The number of hydrogen-bond acceptors (Lipinski definition) is 2. The van der Waals surface area contributed by atoms with Crippen LogP contribution in [0.5, 0.6) is 0 Å². The van der Waals surface area contributed by atoms with E-state index in [1.807, 2.05) is 25.1 Å². The summed E-state index contributed by atoms with van der Waals surface area (Å²) in [5.41, 5.74) is 0. The summed E-state index contributed by atoms with van der Waals surface area (Å²) in [7, 11) is -0.264. The quantitative estimate of drug-likeness (QED) is 0.354. The zero-order valence-electron chi connectivity index (χ0n) is 16.5. The molecule has 0 amide bonds. The molecule has 0 heterocycles. The van der Waals surface area contributed by atoms with Gasteiger partial charge in [-0.3, -0.25) is 0 Å². The molecule has 4 heteroatoms. The van der Waals surface area contributed by atoms with Gasteiger partial charge in [-0.15, -0.1) is 0 Å². The molecular formula is C24H26O2PS+. The lowest BCUT2D eigenvalue weighted by Gasteiger charge is -2.29. The molecule has 0 aromatic heterocycles. The summed E-state index contributed by atoms with van der Waals surface area (Å²) in [6.07, 6.45) is 4.24. The predicted octanol–water partition coefficient (Wildman–Crippen LogP) is 3.55. The average Bonchev–Trinajstić information content (AvgIpc) is 2.73. The molecule has 0 bridgehead atoms. The molecule has 3 aromatic rings. The monoisotopic (exact) mass is 409 g/mol. The smallest absolute Gasteiger partial charge is 0.387 e. The molecule has 0 aliphatic heterocycles. The van der Waals surface area contributed by atoms with Gasteiger partial charge < -0.3 is 4.74 Å². The standard InChI is InChI=1S/C24H26O2PS/c1-4-26-23(25)24(28(2)3)27(20-14-8-5-9-15-20,21-16-10-6-11-17-21)22-18-12-7-13-19-22/h5-19H,4H2,1-3H3/q+1. The van der Waals surface area contributed by atoms with Crippen LogP contribution in [0.3, 0.4) is 0 Å². The summed E-state index contributed by atoms with van der Waals surface area (Å²) < 4.78 is 6.48. The molecular weight excluding hydrogens is 383 g/mol. The van der Waals surface area contributed by atoms with Gasteiger partial charge in [0.25, 0.3) is 0 Å². The summed E-state index contributed by atoms with van der Waals surface area (Å²) in [5.74, 6) is -0.180. The molecule has 0 aliphatic rings. The largest absolute Gasteiger partial charge is 0.459 e. The summed E-state index contributed by atoms with van der Waals surface area (Å²) >= 11 is 0. The van der Waals surface area contributed by atoms with Crippen molar-refractivity contribution in [3.05, 3.63) is 91.0 Å². The molecule has 2 nitrogen and oxygen atoms in total. The van der Waals surface area contributed by atoms with Gasteiger partial charge in [-0.1, -0.05) is 91.0 Å². The fourth-order valence-electron chi connectivity index (χ4n) is 3.52. The van der Waals surface area contributed by atoms with Gasteiger partial charge in [0.2, 0.25) is 4.63 Å². The maximum Gasteiger partial charge on any atom is 0.387 e. The molecule has 0 radical (unpaired) electrons. The van der Waals surface area contributed by atoms with Gasteiger partial charge in [0, 0.05) is 17.8 Å². The summed E-state index contributed by atoms with van der Waals surface area (Å²) in [6.45, 7) is -0.110. The summed E-state index contributed by atoms with van der Waals surface area (Å²) in [6, 6.07) is 31.3. The molecule has 0 saturated carbocycles. The first-order chi connectivity index (χ1) is 13.6. The van der Waals surface area contributed by atoms with Crippen molar-refractivity contribution in [1.29, 1.82) is 0 Å². The molecule has 0 saturated heterocycles. The van der Waals surface area contributed by atoms with E-state index in [1.54, 1.807) is 0 Å². The molecule has 0 unspecified atom stereocenters. The Labute approximate surface area is 170 Å². The Morgan fingerprint density at radius 1 is 0.750 bits per heavy atom. The van der Waals surface area contributed by atoms with Crippen molar-refractivity contribution in [3.63, 3.8) is 0 Å². The number of hydrogen-bond donors (Lipinski definition) is 0. The van der Waals surface area contributed by atoms with Crippen LogP contribution < -0.4 is 15.9 Å². The van der Waals surface area contributed by atoms with Crippen molar-refractivity contribution in [1.82, 2.24) is 0 Å². The topological polar surface area (TPSA) is 26.3 Å². The minimum absolute atomic E-state index is 0.180. The number of carbonyl (C=O) groups is 1. The Morgan fingerprint density at radius 2 is 1.11 bits per heavy atom. The molecule has 0 spiro atoms. The van der Waals surface area contributed by atoms with Crippen molar-refractivity contribution < 1.29 is 9.53 Å². The summed E-state index contributed by atoms with van der Waals surface area (Å²) in [4.78, 5) is 13.3. The highest BCUT2D eigenvalue weighted by Crippen LogP contribution is 2.47. The highest BCUT2D eigenvalue weighted by Gasteiger charge is 2.41. The Balaban J connectivity index is 2.58. The van der Waals surface area contributed by atoms with Crippen molar-refractivity contribution in [2.24, 2.45) is 0 Å². The van der Waals surface area contributed by atoms with Crippen LogP contribution in [0.1, 0.15) is 6.92 Å². The van der Waals surface area contributed by atoms with E-state index in [4.69, 9.17) is 4.74 Å². The summed E-state index contributed by atoms with van der Waals surface area (Å²) in [5, 5.41) is 3.53. The molecule has 0 fully saturated rings. The Morgan fingerprint density at radius 3 is 1.39 bits per heavy atom. The van der Waals surface area contributed by atoms with E-state index in [-0.39, 0.29) is 16.9 Å². The highest BCUT2D eigenvalue weighted by molar-refractivity contribution is 8.24. The normalized spacial score (nSPS) is 11.3. The number of rotatable bonds is 6. The fourth-order valence-corrected chi connectivity index (χ4v) is 10.9. The molecule has 0 atom stereocenters. The molecule has 3 aromatic carbocycles. The van der Waals surface area contributed by atoms with Crippen molar-refractivity contribution in [3.8, 4) is 0 Å². The van der Waals surface area contributed by atoms with E-state index in [0.29, 0.717) is 6.61 Å². The van der Waals surface area contributed by atoms with E-state index in [0.717, 1.165) is 4.63 Å².